The lowest BCUT2D eigenvalue weighted by Crippen LogP contribution is -2.13. The van der Waals surface area contributed by atoms with Crippen LogP contribution in [0.1, 0.15) is 35.9 Å². The fraction of sp³-hybridized carbons (Fsp3) is 0.529. The van der Waals surface area contributed by atoms with Crippen LogP contribution in [-0.2, 0) is 12.9 Å². The Balaban J connectivity index is 2.32. The highest BCUT2D eigenvalue weighted by Crippen LogP contribution is 2.78. The first kappa shape index (κ1) is 23.5. The molecule has 156 valence electrons. The third-order valence-corrected chi connectivity index (χ3v) is 11.8. The molecular weight excluding hydrogens is 435 g/mol. The van der Waals surface area contributed by atoms with E-state index in [1.54, 1.807) is 6.20 Å². The van der Waals surface area contributed by atoms with Crippen LogP contribution in [0.2, 0.25) is 0 Å². The van der Waals surface area contributed by atoms with Gasteiger partial charge in [-0.15, -0.1) is 11.3 Å². The molecule has 0 aliphatic carbocycles. The maximum atomic E-state index is 13.9. The van der Waals surface area contributed by atoms with Crippen LogP contribution < -0.4 is 10.6 Å². The van der Waals surface area contributed by atoms with Gasteiger partial charge >= 0.3 is 0 Å². The molecule has 2 heterocycles. The molecule has 0 saturated carbocycles. The van der Waals surface area contributed by atoms with Crippen LogP contribution in [-0.4, -0.2) is 36.8 Å². The van der Waals surface area contributed by atoms with Crippen molar-refractivity contribution < 1.29 is 12.9 Å². The van der Waals surface area contributed by atoms with Crippen LogP contribution in [0.5, 0.6) is 0 Å². The molecule has 1 unspecified atom stereocenters. The lowest BCUT2D eigenvalue weighted by molar-refractivity contribution is 0.403. The Labute approximate surface area is 179 Å². The molecule has 11 heteroatoms. The van der Waals surface area contributed by atoms with E-state index in [9.17, 15) is 4.57 Å². The Hall–Kier alpha value is -0.770. The smallest absolute Gasteiger partial charge is 0.253 e. The zero-order valence-corrected chi connectivity index (χ0v) is 20.1. The number of pyridine rings is 1. The van der Waals surface area contributed by atoms with E-state index in [0.717, 1.165) is 50.4 Å². The molecule has 7 nitrogen and oxygen atoms in total. The highest BCUT2D eigenvalue weighted by atomic mass is 33.1. The number of hydrogen-bond acceptors (Lipinski definition) is 10. The van der Waals surface area contributed by atoms with Gasteiger partial charge in [0.1, 0.15) is 15.7 Å². The zero-order chi connectivity index (χ0) is 20.6. The second-order valence-electron chi connectivity index (χ2n) is 5.80. The second-order valence-corrected chi connectivity index (χ2v) is 14.2. The molecule has 0 fully saturated rings. The first-order valence-electron chi connectivity index (χ1n) is 8.97. The van der Waals surface area contributed by atoms with E-state index in [2.05, 4.69) is 20.6 Å². The van der Waals surface area contributed by atoms with Crippen molar-refractivity contribution in [3.63, 3.8) is 0 Å². The standard InChI is InChI=1S/C17H27N4O3PS3/c1-6-23-27-25(22,28-24-7-2)15(17-20-11-16(18-5)26-17)10-19-14-9-8-12(3)21-13(14)4/h8-9,11,15,18-19H,6-7,10H2,1-5H3. The van der Waals surface area contributed by atoms with Crippen molar-refractivity contribution in [3.05, 3.63) is 34.7 Å². The van der Waals surface area contributed by atoms with Crippen LogP contribution in [0.4, 0.5) is 10.7 Å². The Bertz CT molecular complexity index is 794. The van der Waals surface area contributed by atoms with E-state index in [1.165, 1.54) is 11.3 Å². The number of anilines is 2. The molecule has 2 aromatic rings. The summed E-state index contributed by atoms with van der Waals surface area (Å²) in [6.45, 7) is 9.01. The molecule has 0 saturated heterocycles. The summed E-state index contributed by atoms with van der Waals surface area (Å²) in [4.78, 5) is 9.00. The largest absolute Gasteiger partial charge is 0.382 e. The van der Waals surface area contributed by atoms with Crippen LogP contribution in [0.3, 0.4) is 0 Å². The van der Waals surface area contributed by atoms with Crippen molar-refractivity contribution >= 4 is 50.9 Å². The SMILES string of the molecule is CCOSP(=O)(SOCC)C(CNc1ccc(C)nc1C)c1ncc(NC)s1. The Morgan fingerprint density at radius 2 is 1.89 bits per heavy atom. The highest BCUT2D eigenvalue weighted by molar-refractivity contribution is 8.88. The lowest BCUT2D eigenvalue weighted by Gasteiger charge is -2.24. The maximum absolute atomic E-state index is 13.9. The predicted octanol–water partition coefficient (Wildman–Crippen LogP) is 5.91. The van der Waals surface area contributed by atoms with Crippen molar-refractivity contribution in [3.8, 4) is 0 Å². The van der Waals surface area contributed by atoms with E-state index in [0.29, 0.717) is 19.8 Å². The van der Waals surface area contributed by atoms with Gasteiger partial charge in [0.05, 0.1) is 54.1 Å². The maximum Gasteiger partial charge on any atom is 0.253 e. The van der Waals surface area contributed by atoms with Crippen molar-refractivity contribution in [1.29, 1.82) is 0 Å². The lowest BCUT2D eigenvalue weighted by atomic mass is 10.2. The molecule has 0 amide bonds. The Morgan fingerprint density at radius 3 is 2.43 bits per heavy atom. The number of nitrogens with one attached hydrogen (secondary N) is 2. The first-order valence-corrected chi connectivity index (χ1v) is 14.3. The van der Waals surface area contributed by atoms with Crippen LogP contribution >= 0.6 is 40.2 Å². The Kier molecular flexibility index (Phi) is 9.59. The van der Waals surface area contributed by atoms with Gasteiger partial charge in [0, 0.05) is 19.3 Å². The molecular formula is C17H27N4O3PS3. The van der Waals surface area contributed by atoms with Gasteiger partial charge in [-0.05, 0) is 39.8 Å². The summed E-state index contributed by atoms with van der Waals surface area (Å²) in [6.07, 6.45) is 1.76. The molecule has 0 radical (unpaired) electrons. The summed E-state index contributed by atoms with van der Waals surface area (Å²) in [5, 5.41) is 8.18. The minimum atomic E-state index is -3.02. The summed E-state index contributed by atoms with van der Waals surface area (Å²) in [6, 6.07) is 3.95. The molecule has 28 heavy (non-hydrogen) atoms. The number of hydrogen-bond donors (Lipinski definition) is 2. The fourth-order valence-electron chi connectivity index (χ4n) is 2.34. The number of aromatic nitrogens is 2. The monoisotopic (exact) mass is 462 g/mol. The predicted molar refractivity (Wildman–Crippen MR) is 123 cm³/mol. The van der Waals surface area contributed by atoms with Gasteiger partial charge in [-0.1, -0.05) is 0 Å². The number of nitrogens with zero attached hydrogens (tertiary/aromatic N) is 2. The van der Waals surface area contributed by atoms with E-state index in [-0.39, 0.29) is 5.66 Å². The van der Waals surface area contributed by atoms with Gasteiger partial charge in [-0.3, -0.25) is 9.55 Å². The number of aryl methyl sites for hydroxylation is 2. The van der Waals surface area contributed by atoms with Gasteiger partial charge < -0.3 is 19.0 Å². The van der Waals surface area contributed by atoms with Gasteiger partial charge in [0.15, 0.2) is 0 Å². The van der Waals surface area contributed by atoms with Crippen LogP contribution in [0.15, 0.2) is 18.3 Å². The number of thiazole rings is 1. The van der Waals surface area contributed by atoms with Gasteiger partial charge in [0.25, 0.3) is 5.55 Å². The van der Waals surface area contributed by atoms with Crippen LogP contribution in [0.25, 0.3) is 0 Å². The van der Waals surface area contributed by atoms with E-state index in [4.69, 9.17) is 8.37 Å². The van der Waals surface area contributed by atoms with E-state index >= 15 is 0 Å². The molecule has 2 rings (SSSR count). The fourth-order valence-corrected chi connectivity index (χ4v) is 9.75. The molecule has 0 aromatic carbocycles. The summed E-state index contributed by atoms with van der Waals surface area (Å²) < 4.78 is 24.8. The third kappa shape index (κ3) is 6.37. The van der Waals surface area contributed by atoms with Crippen LogP contribution in [0, 0.1) is 13.8 Å². The second kappa shape index (κ2) is 11.4. The van der Waals surface area contributed by atoms with E-state index < -0.39 is 5.55 Å². The molecule has 0 bridgehead atoms. The molecule has 1 atom stereocenters. The minimum Gasteiger partial charge on any atom is -0.382 e. The van der Waals surface area contributed by atoms with E-state index in [1.807, 2.05) is 46.9 Å². The molecule has 2 aromatic heterocycles. The van der Waals surface area contributed by atoms with Crippen molar-refractivity contribution in [2.24, 2.45) is 0 Å². The average molecular weight is 463 g/mol. The molecule has 0 aliphatic rings. The Morgan fingerprint density at radius 1 is 1.21 bits per heavy atom. The van der Waals surface area contributed by atoms with Gasteiger partial charge in [-0.2, -0.15) is 0 Å². The van der Waals surface area contributed by atoms with Gasteiger partial charge in [0.2, 0.25) is 0 Å². The summed E-state index contributed by atoms with van der Waals surface area (Å²) in [5.41, 5.74) is -0.624. The van der Waals surface area contributed by atoms with Crippen molar-refractivity contribution in [2.45, 2.75) is 33.4 Å². The molecule has 0 spiro atoms. The number of rotatable bonds is 12. The summed E-state index contributed by atoms with van der Waals surface area (Å²) in [5.74, 6) is 0. The molecule has 0 aliphatic heterocycles. The van der Waals surface area contributed by atoms with Gasteiger partial charge in [-0.25, -0.2) is 4.98 Å². The van der Waals surface area contributed by atoms with Crippen molar-refractivity contribution in [2.75, 3.05) is 37.4 Å². The highest BCUT2D eigenvalue weighted by Gasteiger charge is 2.40. The summed E-state index contributed by atoms with van der Waals surface area (Å²) in [7, 11) is 1.84. The minimum absolute atomic E-state index is 0.381. The average Bonchev–Trinajstić information content (AvgIpc) is 3.15. The quantitative estimate of drug-likeness (QED) is 0.295. The molecule has 2 N–H and O–H groups in total. The van der Waals surface area contributed by atoms with Crippen molar-refractivity contribution in [1.82, 2.24) is 9.97 Å². The first-order chi connectivity index (χ1) is 13.4. The normalized spacial score (nSPS) is 12.8. The third-order valence-electron chi connectivity index (χ3n) is 3.70. The zero-order valence-electron chi connectivity index (χ0n) is 16.7. The summed E-state index contributed by atoms with van der Waals surface area (Å²) >= 11 is 3.51. The topological polar surface area (TPSA) is 85.4 Å².